The fourth-order valence-corrected chi connectivity index (χ4v) is 4.87. The molecule has 0 atom stereocenters. The number of nitrogens with zero attached hydrogens (tertiary/aromatic N) is 2. The molecule has 0 saturated heterocycles. The van der Waals surface area contributed by atoms with E-state index in [9.17, 15) is 33.1 Å². The Bertz CT molecular complexity index is 1510. The third-order valence-electron chi connectivity index (χ3n) is 5.34. The maximum atomic E-state index is 12.8. The molecule has 2 aromatic carbocycles. The number of aromatic hydroxyl groups is 1. The van der Waals surface area contributed by atoms with Crippen LogP contribution >= 0.6 is 0 Å². The van der Waals surface area contributed by atoms with Gasteiger partial charge < -0.3 is 19.8 Å². The Kier molecular flexibility index (Phi) is 6.57. The number of ether oxygens (including phenoxy) is 2. The molecule has 1 heterocycles. The van der Waals surface area contributed by atoms with E-state index in [0.29, 0.717) is 0 Å². The number of rotatable bonds is 8. The van der Waals surface area contributed by atoms with Crippen molar-refractivity contribution < 1.29 is 46.9 Å². The van der Waals surface area contributed by atoms with Crippen LogP contribution in [-0.4, -0.2) is 49.4 Å². The van der Waals surface area contributed by atoms with Gasteiger partial charge in [-0.1, -0.05) is 30.3 Å². The van der Waals surface area contributed by atoms with Gasteiger partial charge in [0, 0.05) is 16.7 Å². The summed E-state index contributed by atoms with van der Waals surface area (Å²) in [6.45, 7) is 0.603. The van der Waals surface area contributed by atoms with Crippen LogP contribution < -0.4 is 9.64 Å². The van der Waals surface area contributed by atoms with E-state index in [2.05, 4.69) is 9.79 Å². The van der Waals surface area contributed by atoms with E-state index >= 15 is 0 Å². The zero-order valence-corrected chi connectivity index (χ0v) is 19.5. The van der Waals surface area contributed by atoms with Gasteiger partial charge in [0.2, 0.25) is 0 Å². The monoisotopic (exact) mass is 514 g/mol. The summed E-state index contributed by atoms with van der Waals surface area (Å²) in [5.41, 5.74) is -0.180. The first-order chi connectivity index (χ1) is 17.1. The van der Waals surface area contributed by atoms with Crippen LogP contribution in [0, 0.1) is 5.21 Å². The van der Waals surface area contributed by atoms with E-state index in [4.69, 9.17) is 9.47 Å². The molecule has 36 heavy (non-hydrogen) atoms. The summed E-state index contributed by atoms with van der Waals surface area (Å²) in [6, 6.07) is 11.2. The van der Waals surface area contributed by atoms with Crippen LogP contribution in [0.5, 0.6) is 11.6 Å². The minimum atomic E-state index is -4.31. The Morgan fingerprint density at radius 2 is 1.81 bits per heavy atom. The van der Waals surface area contributed by atoms with Gasteiger partial charge in [-0.3, -0.25) is 19.0 Å². The maximum Gasteiger partial charge on any atom is 0.415 e. The fraction of sp³-hybridized carbons (Fsp3) is 0.174. The number of phenols is 1. The quantitative estimate of drug-likeness (QED) is 0.262. The number of aromatic nitrogens is 2. The van der Waals surface area contributed by atoms with Crippen LogP contribution in [0.1, 0.15) is 34.1 Å². The highest BCUT2D eigenvalue weighted by atomic mass is 32.2. The summed E-state index contributed by atoms with van der Waals surface area (Å²) in [5.74, 6) is -3.02. The van der Waals surface area contributed by atoms with Gasteiger partial charge in [0.05, 0.1) is 22.0 Å². The van der Waals surface area contributed by atoms with Crippen LogP contribution in [0.4, 0.5) is 0 Å². The van der Waals surface area contributed by atoms with Gasteiger partial charge in [-0.25, -0.2) is 8.42 Å². The number of fused-ring (bicyclic) bond motifs is 1. The average molecular weight is 514 g/mol. The number of hydrogen-bond acceptors (Lipinski definition) is 11. The summed E-state index contributed by atoms with van der Waals surface area (Å²) in [5, 5.41) is 24.3. The number of carbonyl (C=O) groups excluding carboxylic acids is 3. The number of hydrogen-bond donors (Lipinski definition) is 1. The Morgan fingerprint density at radius 3 is 2.53 bits per heavy atom. The van der Waals surface area contributed by atoms with Crippen LogP contribution in [0.2, 0.25) is 0 Å². The van der Waals surface area contributed by atoms with Gasteiger partial charge in [-0.2, -0.15) is 0 Å². The molecule has 186 valence electrons. The molecule has 0 bridgehead atoms. The lowest BCUT2D eigenvalue weighted by Gasteiger charge is -2.19. The van der Waals surface area contributed by atoms with Crippen molar-refractivity contribution in [2.45, 2.75) is 23.3 Å². The third-order valence-corrected chi connectivity index (χ3v) is 7.07. The smallest absolute Gasteiger partial charge is 0.415 e. The number of ketones is 2. The first kappa shape index (κ1) is 24.6. The van der Waals surface area contributed by atoms with Gasteiger partial charge in [0.25, 0.3) is 9.84 Å². The Hall–Kier alpha value is -4.52. The number of Topliss-reactive ketones (excluding diaryl/α,β-unsaturated/α-hetero) is 2. The van der Waals surface area contributed by atoms with E-state index < -0.39 is 57.9 Å². The predicted octanol–water partition coefficient (Wildman–Crippen LogP) is 1.55. The second kappa shape index (κ2) is 9.62. The highest BCUT2D eigenvalue weighted by molar-refractivity contribution is 7.91. The lowest BCUT2D eigenvalue weighted by atomic mass is 9.83. The number of sulfone groups is 1. The van der Waals surface area contributed by atoms with Crippen LogP contribution in [0.15, 0.2) is 74.2 Å². The molecule has 1 N–H and O–H groups in total. The third kappa shape index (κ3) is 4.43. The van der Waals surface area contributed by atoms with Gasteiger partial charge in [0.1, 0.15) is 19.0 Å². The number of benzene rings is 2. The van der Waals surface area contributed by atoms with Crippen LogP contribution in [0.25, 0.3) is 0 Å². The standard InChI is InChI=1S/C23H18N2O10S/c1-13-16(21(29)19-15(20(13)28)8-5-9-17(19)26)12-18(27)33-10-11-34-22-23(25(30)35-24-22)36(31,32)14-6-3-2-4-7-14/h2-9,26H,10-12H2,1H3. The van der Waals surface area contributed by atoms with E-state index in [0.717, 1.165) is 0 Å². The van der Waals surface area contributed by atoms with E-state index in [1.54, 1.807) is 6.07 Å². The fourth-order valence-electron chi connectivity index (χ4n) is 3.57. The first-order valence-electron chi connectivity index (χ1n) is 10.4. The minimum Gasteiger partial charge on any atom is -0.507 e. The Morgan fingerprint density at radius 1 is 1.08 bits per heavy atom. The summed E-state index contributed by atoms with van der Waals surface area (Å²) in [4.78, 5) is 37.2. The van der Waals surface area contributed by atoms with Gasteiger partial charge in [-0.15, -0.1) is 0 Å². The summed E-state index contributed by atoms with van der Waals surface area (Å²) < 4.78 is 40.0. The maximum absolute atomic E-state index is 12.8. The molecule has 3 aromatic rings. The van der Waals surface area contributed by atoms with Crippen LogP contribution in [0.3, 0.4) is 0 Å². The molecule has 1 aromatic heterocycles. The van der Waals surface area contributed by atoms with Crippen molar-refractivity contribution in [2.24, 2.45) is 0 Å². The van der Waals surface area contributed by atoms with Crippen LogP contribution in [-0.2, 0) is 19.4 Å². The molecule has 0 radical (unpaired) electrons. The summed E-state index contributed by atoms with van der Waals surface area (Å²) in [7, 11) is -4.31. The van der Waals surface area contributed by atoms with Crippen molar-refractivity contribution in [2.75, 3.05) is 13.2 Å². The molecular formula is C23H18N2O10S. The molecule has 4 rings (SSSR count). The van der Waals surface area contributed by atoms with E-state index in [1.165, 1.54) is 49.4 Å². The average Bonchev–Trinajstić information content (AvgIpc) is 3.24. The molecule has 1 aliphatic carbocycles. The number of esters is 1. The summed E-state index contributed by atoms with van der Waals surface area (Å²) in [6.07, 6.45) is -0.539. The lowest BCUT2D eigenvalue weighted by molar-refractivity contribution is -0.832. The minimum absolute atomic E-state index is 0.0486. The molecule has 0 fully saturated rings. The SMILES string of the molecule is CC1=C(CC(=O)OCCOc2no[n+]([O-])c2S(=O)(=O)c2ccccc2)C(=O)c2c(O)cccc2C1=O. The normalized spacial score (nSPS) is 13.5. The molecule has 0 saturated carbocycles. The van der Waals surface area contributed by atoms with Crippen molar-refractivity contribution in [1.29, 1.82) is 0 Å². The first-order valence-corrected chi connectivity index (χ1v) is 11.9. The lowest BCUT2D eigenvalue weighted by Crippen LogP contribution is -2.31. The molecule has 0 amide bonds. The number of carbonyl (C=O) groups is 3. The molecule has 0 aliphatic heterocycles. The highest BCUT2D eigenvalue weighted by Gasteiger charge is 2.36. The second-order valence-corrected chi connectivity index (χ2v) is 9.43. The van der Waals surface area contributed by atoms with Crippen molar-refractivity contribution >= 4 is 27.4 Å². The molecule has 13 heteroatoms. The molecule has 12 nitrogen and oxygen atoms in total. The predicted molar refractivity (Wildman–Crippen MR) is 118 cm³/mol. The topological polar surface area (TPSA) is 177 Å². The second-order valence-electron chi connectivity index (χ2n) is 7.56. The van der Waals surface area contributed by atoms with Crippen molar-refractivity contribution in [1.82, 2.24) is 5.16 Å². The van der Waals surface area contributed by atoms with Crippen molar-refractivity contribution in [3.63, 3.8) is 0 Å². The highest BCUT2D eigenvalue weighted by Crippen LogP contribution is 2.33. The Labute approximate surface area is 203 Å². The van der Waals surface area contributed by atoms with Gasteiger partial charge in [0.15, 0.2) is 11.6 Å². The zero-order chi connectivity index (χ0) is 26.0. The number of allylic oxidation sites excluding steroid dienone is 1. The van der Waals surface area contributed by atoms with Gasteiger partial charge in [-0.05, 0) is 30.0 Å². The van der Waals surface area contributed by atoms with Crippen molar-refractivity contribution in [3.05, 3.63) is 76.0 Å². The Balaban J connectivity index is 1.39. The molecule has 1 aliphatic rings. The molecule has 0 unspecified atom stereocenters. The zero-order valence-electron chi connectivity index (χ0n) is 18.7. The molecular weight excluding hydrogens is 496 g/mol. The summed E-state index contributed by atoms with van der Waals surface area (Å²) >= 11 is 0. The van der Waals surface area contributed by atoms with Crippen molar-refractivity contribution in [3.8, 4) is 11.6 Å². The van der Waals surface area contributed by atoms with E-state index in [-0.39, 0.29) is 37.8 Å². The van der Waals surface area contributed by atoms with E-state index in [1.807, 2.05) is 0 Å². The van der Waals surface area contributed by atoms with Gasteiger partial charge >= 0.3 is 16.9 Å². The molecule has 0 spiro atoms. The number of phenolic OH excluding ortho intramolecular Hbond substituents is 1. The largest absolute Gasteiger partial charge is 0.507 e.